The Kier molecular flexibility index (Phi) is 7.23. The predicted octanol–water partition coefficient (Wildman–Crippen LogP) is 5.81. The van der Waals surface area contributed by atoms with Crippen LogP contribution in [0.5, 0.6) is 5.75 Å². The summed E-state index contributed by atoms with van der Waals surface area (Å²) in [5.74, 6) is 0.482. The van der Waals surface area contributed by atoms with Crippen LogP contribution in [-0.2, 0) is 13.2 Å². The van der Waals surface area contributed by atoms with Crippen molar-refractivity contribution in [2.45, 2.75) is 27.0 Å². The molecule has 0 unspecified atom stereocenters. The molecule has 0 atom stereocenters. The van der Waals surface area contributed by atoms with Crippen molar-refractivity contribution in [1.29, 1.82) is 0 Å². The molecule has 1 aromatic heterocycles. The molecule has 29 heavy (non-hydrogen) atoms. The van der Waals surface area contributed by atoms with Gasteiger partial charge in [-0.1, -0.05) is 31.5 Å². The molecule has 0 N–H and O–H groups in total. The van der Waals surface area contributed by atoms with Gasteiger partial charge in [-0.05, 0) is 48.4 Å². The first-order valence-corrected chi connectivity index (χ1v) is 10.5. The van der Waals surface area contributed by atoms with Gasteiger partial charge in [0.15, 0.2) is 0 Å². The number of carbonyl (C=O) groups excluding carboxylic acids is 1. The van der Waals surface area contributed by atoms with Gasteiger partial charge in [0, 0.05) is 22.5 Å². The van der Waals surface area contributed by atoms with E-state index in [1.165, 1.54) is 35.6 Å². The maximum Gasteiger partial charge on any atom is 0.254 e. The lowest BCUT2D eigenvalue weighted by Crippen LogP contribution is -2.33. The number of rotatable bonds is 8. The monoisotopic (exact) mass is 432 g/mol. The number of aromatic nitrogens is 1. The molecule has 1 amide bonds. The zero-order chi connectivity index (χ0) is 20.8. The number of hydrogen-bond acceptors (Lipinski definition) is 4. The van der Waals surface area contributed by atoms with Crippen molar-refractivity contribution in [1.82, 2.24) is 9.88 Å². The first-order chi connectivity index (χ1) is 13.9. The molecule has 3 rings (SSSR count). The molecule has 0 fully saturated rings. The van der Waals surface area contributed by atoms with E-state index in [0.717, 1.165) is 10.7 Å². The van der Waals surface area contributed by atoms with E-state index in [-0.39, 0.29) is 11.7 Å². The van der Waals surface area contributed by atoms with Crippen molar-refractivity contribution in [2.75, 3.05) is 6.54 Å². The van der Waals surface area contributed by atoms with Gasteiger partial charge in [-0.25, -0.2) is 9.37 Å². The van der Waals surface area contributed by atoms with Crippen LogP contribution in [0.25, 0.3) is 0 Å². The van der Waals surface area contributed by atoms with Gasteiger partial charge in [-0.3, -0.25) is 4.79 Å². The molecule has 0 bridgehead atoms. The van der Waals surface area contributed by atoms with E-state index in [1.54, 1.807) is 17.0 Å². The lowest BCUT2D eigenvalue weighted by Gasteiger charge is -2.24. The highest BCUT2D eigenvalue weighted by molar-refractivity contribution is 7.09. The molecular formula is C22H22ClFN2O2S. The zero-order valence-electron chi connectivity index (χ0n) is 16.3. The second-order valence-electron chi connectivity index (χ2n) is 7.07. The van der Waals surface area contributed by atoms with Gasteiger partial charge >= 0.3 is 0 Å². The molecular weight excluding hydrogens is 411 g/mol. The minimum atomic E-state index is -0.360. The van der Waals surface area contributed by atoms with Gasteiger partial charge in [-0.15, -0.1) is 11.3 Å². The van der Waals surface area contributed by atoms with Crippen LogP contribution in [0.2, 0.25) is 5.02 Å². The van der Waals surface area contributed by atoms with E-state index < -0.39 is 0 Å². The van der Waals surface area contributed by atoms with Crippen LogP contribution in [0.15, 0.2) is 53.9 Å². The molecule has 0 saturated carbocycles. The van der Waals surface area contributed by atoms with E-state index in [2.05, 4.69) is 18.8 Å². The van der Waals surface area contributed by atoms with Crippen LogP contribution >= 0.6 is 22.9 Å². The first kappa shape index (κ1) is 21.3. The van der Waals surface area contributed by atoms with E-state index >= 15 is 0 Å². The fraction of sp³-hybridized carbons (Fsp3) is 0.273. The molecule has 0 saturated heterocycles. The van der Waals surface area contributed by atoms with E-state index in [1.807, 2.05) is 17.5 Å². The van der Waals surface area contributed by atoms with Crippen LogP contribution in [0.4, 0.5) is 4.39 Å². The molecule has 1 heterocycles. The third kappa shape index (κ3) is 6.27. The van der Waals surface area contributed by atoms with Crippen molar-refractivity contribution in [3.63, 3.8) is 0 Å². The number of carbonyl (C=O) groups is 1. The molecule has 0 spiro atoms. The number of amides is 1. The van der Waals surface area contributed by atoms with Crippen LogP contribution in [0.1, 0.15) is 34.9 Å². The second kappa shape index (κ2) is 9.85. The van der Waals surface area contributed by atoms with Gasteiger partial charge in [0.2, 0.25) is 0 Å². The summed E-state index contributed by atoms with van der Waals surface area (Å²) < 4.78 is 18.9. The average molecular weight is 433 g/mol. The molecule has 2 aromatic carbocycles. The molecule has 3 aromatic rings. The smallest absolute Gasteiger partial charge is 0.254 e. The number of hydrogen-bond donors (Lipinski definition) is 0. The van der Waals surface area contributed by atoms with Crippen LogP contribution < -0.4 is 4.74 Å². The van der Waals surface area contributed by atoms with Gasteiger partial charge in [0.1, 0.15) is 23.2 Å². The van der Waals surface area contributed by atoms with Crippen molar-refractivity contribution in [3.8, 4) is 5.75 Å². The Bertz CT molecular complexity index is 959. The highest BCUT2D eigenvalue weighted by Crippen LogP contribution is 2.20. The fourth-order valence-corrected chi connectivity index (χ4v) is 3.70. The van der Waals surface area contributed by atoms with Gasteiger partial charge in [0.05, 0.1) is 12.2 Å². The fourth-order valence-electron chi connectivity index (χ4n) is 2.82. The van der Waals surface area contributed by atoms with E-state index in [0.29, 0.717) is 41.9 Å². The third-order valence-electron chi connectivity index (χ3n) is 4.07. The van der Waals surface area contributed by atoms with Crippen molar-refractivity contribution < 1.29 is 13.9 Å². The molecule has 7 heteroatoms. The maximum absolute atomic E-state index is 13.2. The summed E-state index contributed by atoms with van der Waals surface area (Å²) in [5, 5.41) is 3.37. The Balaban J connectivity index is 1.66. The summed E-state index contributed by atoms with van der Waals surface area (Å²) in [5.41, 5.74) is 1.27. The minimum absolute atomic E-state index is 0.136. The summed E-state index contributed by atoms with van der Waals surface area (Å²) in [6, 6.07) is 12.8. The Morgan fingerprint density at radius 1 is 1.24 bits per heavy atom. The van der Waals surface area contributed by atoms with Crippen LogP contribution in [0, 0.1) is 11.7 Å². The lowest BCUT2D eigenvalue weighted by molar-refractivity contribution is 0.0720. The maximum atomic E-state index is 13.2. The summed E-state index contributed by atoms with van der Waals surface area (Å²) in [7, 11) is 0. The Morgan fingerprint density at radius 3 is 2.69 bits per heavy atom. The topological polar surface area (TPSA) is 42.4 Å². The summed E-state index contributed by atoms with van der Waals surface area (Å²) >= 11 is 7.45. The average Bonchev–Trinajstić information content (AvgIpc) is 3.13. The van der Waals surface area contributed by atoms with Gasteiger partial charge < -0.3 is 9.64 Å². The molecule has 152 valence electrons. The minimum Gasteiger partial charge on any atom is -0.486 e. The van der Waals surface area contributed by atoms with Crippen LogP contribution in [0.3, 0.4) is 0 Å². The van der Waals surface area contributed by atoms with E-state index in [9.17, 15) is 9.18 Å². The van der Waals surface area contributed by atoms with Crippen molar-refractivity contribution >= 4 is 28.8 Å². The predicted molar refractivity (Wildman–Crippen MR) is 114 cm³/mol. The van der Waals surface area contributed by atoms with Crippen LogP contribution in [-0.4, -0.2) is 22.3 Å². The summed E-state index contributed by atoms with van der Waals surface area (Å²) in [4.78, 5) is 19.2. The zero-order valence-corrected chi connectivity index (χ0v) is 17.8. The van der Waals surface area contributed by atoms with Gasteiger partial charge in [-0.2, -0.15) is 0 Å². The van der Waals surface area contributed by atoms with Crippen molar-refractivity contribution in [3.05, 3.63) is 81.0 Å². The highest BCUT2D eigenvalue weighted by Gasteiger charge is 2.19. The molecule has 4 nitrogen and oxygen atoms in total. The molecule has 0 aliphatic heterocycles. The van der Waals surface area contributed by atoms with Gasteiger partial charge in [0.25, 0.3) is 5.91 Å². The quantitative estimate of drug-likeness (QED) is 0.451. The Hall–Kier alpha value is -2.44. The number of nitrogens with zero attached hydrogens (tertiary/aromatic N) is 2. The normalized spacial score (nSPS) is 10.9. The summed E-state index contributed by atoms with van der Waals surface area (Å²) in [6.07, 6.45) is 0. The number of thiazole rings is 1. The second-order valence-corrected chi connectivity index (χ2v) is 8.44. The first-order valence-electron chi connectivity index (χ1n) is 9.27. The SMILES string of the molecule is CC(C)CN(Cc1csc(COc2cccc(Cl)c2)n1)C(=O)c1ccc(F)cc1. The summed E-state index contributed by atoms with van der Waals surface area (Å²) in [6.45, 7) is 5.41. The Labute approximate surface area is 178 Å². The number of halogens is 2. The largest absolute Gasteiger partial charge is 0.486 e. The standard InChI is InChI=1S/C22H22ClFN2O2S/c1-15(2)11-26(22(27)16-6-8-18(24)9-7-16)12-19-14-29-21(25-19)13-28-20-5-3-4-17(23)10-20/h3-10,14-15H,11-13H2,1-2H3. The Morgan fingerprint density at radius 2 is 2.00 bits per heavy atom. The molecule has 0 aliphatic rings. The number of benzene rings is 2. The highest BCUT2D eigenvalue weighted by atomic mass is 35.5. The molecule has 0 radical (unpaired) electrons. The third-order valence-corrected chi connectivity index (χ3v) is 5.18. The van der Waals surface area contributed by atoms with Crippen molar-refractivity contribution in [2.24, 2.45) is 5.92 Å². The lowest BCUT2D eigenvalue weighted by atomic mass is 10.1. The molecule has 0 aliphatic carbocycles. The van der Waals surface area contributed by atoms with E-state index in [4.69, 9.17) is 16.3 Å². The number of ether oxygens (including phenoxy) is 1.